The smallest absolute Gasteiger partial charge is 0.226 e. The van der Waals surface area contributed by atoms with Crippen LogP contribution in [0.15, 0.2) is 0 Å². The lowest BCUT2D eigenvalue weighted by atomic mass is 9.68. The first-order chi connectivity index (χ1) is 8.58. The van der Waals surface area contributed by atoms with Crippen molar-refractivity contribution < 1.29 is 4.79 Å². The Bertz CT molecular complexity index is 327. The Balaban J connectivity index is 1.67. The Labute approximate surface area is 110 Å². The molecule has 1 aliphatic carbocycles. The van der Waals surface area contributed by atoms with Crippen molar-refractivity contribution in [2.45, 2.75) is 52.0 Å². The van der Waals surface area contributed by atoms with E-state index in [9.17, 15) is 4.79 Å². The summed E-state index contributed by atoms with van der Waals surface area (Å²) < 4.78 is 0. The van der Waals surface area contributed by atoms with Gasteiger partial charge in [0, 0.05) is 25.0 Å². The first kappa shape index (κ1) is 12.5. The largest absolute Gasteiger partial charge is 0.341 e. The zero-order valence-corrected chi connectivity index (χ0v) is 11.7. The van der Waals surface area contributed by atoms with Crippen molar-refractivity contribution in [3.8, 4) is 0 Å². The van der Waals surface area contributed by atoms with Crippen LogP contribution in [0.1, 0.15) is 46.0 Å². The summed E-state index contributed by atoms with van der Waals surface area (Å²) >= 11 is 0. The number of carbonyl (C=O) groups excluding carboxylic acids is 1. The number of hydrogen-bond donors (Lipinski definition) is 1. The summed E-state index contributed by atoms with van der Waals surface area (Å²) in [5.74, 6) is 1.43. The number of fused-ring (bicyclic) bond motifs is 1. The topological polar surface area (TPSA) is 32.3 Å². The first-order valence-corrected chi connectivity index (χ1v) is 7.60. The fourth-order valence-electron chi connectivity index (χ4n) is 4.20. The molecule has 1 N–H and O–H groups in total. The van der Waals surface area contributed by atoms with E-state index < -0.39 is 0 Å². The maximum Gasteiger partial charge on any atom is 0.226 e. The van der Waals surface area contributed by atoms with Gasteiger partial charge in [0.05, 0.1) is 0 Å². The average molecular weight is 250 g/mol. The normalized spacial score (nSPS) is 38.8. The van der Waals surface area contributed by atoms with Gasteiger partial charge in [0.1, 0.15) is 0 Å². The van der Waals surface area contributed by atoms with E-state index in [0.717, 1.165) is 32.0 Å². The molecule has 2 heterocycles. The quantitative estimate of drug-likeness (QED) is 0.772. The van der Waals surface area contributed by atoms with Gasteiger partial charge in [-0.25, -0.2) is 0 Å². The molecule has 3 fully saturated rings. The van der Waals surface area contributed by atoms with Gasteiger partial charge in [-0.2, -0.15) is 0 Å². The van der Waals surface area contributed by atoms with E-state index >= 15 is 0 Å². The highest BCUT2D eigenvalue weighted by atomic mass is 16.2. The zero-order chi connectivity index (χ0) is 12.8. The number of likely N-dealkylation sites (tertiary alicyclic amines) is 1. The lowest BCUT2D eigenvalue weighted by Gasteiger charge is -2.39. The van der Waals surface area contributed by atoms with E-state index in [1.165, 1.54) is 25.7 Å². The summed E-state index contributed by atoms with van der Waals surface area (Å²) in [6.07, 6.45) is 6.10. The molecule has 18 heavy (non-hydrogen) atoms. The minimum atomic E-state index is 0.209. The summed E-state index contributed by atoms with van der Waals surface area (Å²) in [4.78, 5) is 14.9. The molecule has 3 rings (SSSR count). The number of nitrogens with zero attached hydrogens (tertiary/aromatic N) is 1. The Hall–Kier alpha value is -0.570. The van der Waals surface area contributed by atoms with Gasteiger partial charge in [-0.1, -0.05) is 26.7 Å². The van der Waals surface area contributed by atoms with Crippen LogP contribution < -0.4 is 5.32 Å². The van der Waals surface area contributed by atoms with Crippen LogP contribution in [0.3, 0.4) is 0 Å². The molecule has 0 bridgehead atoms. The molecule has 102 valence electrons. The van der Waals surface area contributed by atoms with Gasteiger partial charge in [0.2, 0.25) is 5.91 Å². The van der Waals surface area contributed by atoms with E-state index in [2.05, 4.69) is 24.1 Å². The molecule has 2 aliphatic heterocycles. The number of nitrogens with one attached hydrogen (secondary N) is 1. The Morgan fingerprint density at radius 1 is 1.22 bits per heavy atom. The van der Waals surface area contributed by atoms with Crippen LogP contribution >= 0.6 is 0 Å². The molecule has 0 radical (unpaired) electrons. The third-order valence-corrected chi connectivity index (χ3v) is 5.48. The van der Waals surface area contributed by atoms with Gasteiger partial charge in [0.15, 0.2) is 0 Å². The summed E-state index contributed by atoms with van der Waals surface area (Å²) in [7, 11) is 0. The molecule has 0 aromatic rings. The third-order valence-electron chi connectivity index (χ3n) is 5.48. The molecule has 3 atom stereocenters. The van der Waals surface area contributed by atoms with Crippen LogP contribution in [-0.4, -0.2) is 36.5 Å². The van der Waals surface area contributed by atoms with Gasteiger partial charge >= 0.3 is 0 Å². The van der Waals surface area contributed by atoms with E-state index in [1.807, 2.05) is 0 Å². The Morgan fingerprint density at radius 2 is 2.06 bits per heavy atom. The Morgan fingerprint density at radius 3 is 2.78 bits per heavy atom. The standard InChI is InChI=1S/C15H26N2O/c1-15(2)7-4-3-5-12(15)14(18)17-9-11-6-8-16-13(11)10-17/h11-13,16H,3-10H2,1-2H3/t11-,12?,13+/m0/s1. The molecule has 0 aromatic heterocycles. The molecule has 1 saturated carbocycles. The predicted octanol–water partition coefficient (Wildman–Crippen LogP) is 2.02. The molecular weight excluding hydrogens is 224 g/mol. The predicted molar refractivity (Wildman–Crippen MR) is 72.2 cm³/mol. The number of amides is 1. The number of hydrogen-bond acceptors (Lipinski definition) is 2. The van der Waals surface area contributed by atoms with Crippen molar-refractivity contribution in [1.82, 2.24) is 10.2 Å². The van der Waals surface area contributed by atoms with Gasteiger partial charge < -0.3 is 10.2 Å². The Kier molecular flexibility index (Phi) is 3.13. The van der Waals surface area contributed by atoms with Crippen molar-refractivity contribution >= 4 is 5.91 Å². The van der Waals surface area contributed by atoms with Crippen molar-refractivity contribution in [3.63, 3.8) is 0 Å². The first-order valence-electron chi connectivity index (χ1n) is 7.60. The molecule has 3 heteroatoms. The molecule has 1 unspecified atom stereocenters. The van der Waals surface area contributed by atoms with Crippen molar-refractivity contribution in [2.75, 3.05) is 19.6 Å². The van der Waals surface area contributed by atoms with E-state index in [4.69, 9.17) is 0 Å². The summed E-state index contributed by atoms with van der Waals surface area (Å²) in [6, 6.07) is 0.584. The fraction of sp³-hybridized carbons (Fsp3) is 0.933. The number of carbonyl (C=O) groups is 1. The second kappa shape index (κ2) is 4.52. The SMILES string of the molecule is CC1(C)CCCCC1C(=O)N1C[C@@H]2CCN[C@@H]2C1. The molecule has 2 saturated heterocycles. The maximum atomic E-state index is 12.7. The zero-order valence-electron chi connectivity index (χ0n) is 11.7. The second-order valence-electron chi connectivity index (χ2n) is 7.14. The average Bonchev–Trinajstić information content (AvgIpc) is 2.87. The lowest BCUT2D eigenvalue weighted by molar-refractivity contribution is -0.140. The molecule has 0 aromatic carbocycles. The van der Waals surface area contributed by atoms with Crippen LogP contribution in [0.25, 0.3) is 0 Å². The van der Waals surface area contributed by atoms with Crippen molar-refractivity contribution in [3.05, 3.63) is 0 Å². The molecular formula is C15H26N2O. The molecule has 0 spiro atoms. The third kappa shape index (κ3) is 2.07. The molecule has 3 nitrogen and oxygen atoms in total. The summed E-state index contributed by atoms with van der Waals surface area (Å²) in [5, 5.41) is 3.53. The maximum absolute atomic E-state index is 12.7. The van der Waals surface area contributed by atoms with Crippen LogP contribution in [0.5, 0.6) is 0 Å². The van der Waals surface area contributed by atoms with Crippen LogP contribution in [0.2, 0.25) is 0 Å². The van der Waals surface area contributed by atoms with Crippen LogP contribution in [-0.2, 0) is 4.79 Å². The van der Waals surface area contributed by atoms with Gasteiger partial charge in [-0.3, -0.25) is 4.79 Å². The minimum Gasteiger partial charge on any atom is -0.341 e. The molecule has 1 amide bonds. The summed E-state index contributed by atoms with van der Waals surface area (Å²) in [6.45, 7) is 7.67. The van der Waals surface area contributed by atoms with E-state index in [0.29, 0.717) is 11.9 Å². The van der Waals surface area contributed by atoms with Gasteiger partial charge in [0.25, 0.3) is 0 Å². The fourth-order valence-corrected chi connectivity index (χ4v) is 4.20. The van der Waals surface area contributed by atoms with Gasteiger partial charge in [-0.05, 0) is 37.1 Å². The van der Waals surface area contributed by atoms with Crippen molar-refractivity contribution in [2.24, 2.45) is 17.3 Å². The highest BCUT2D eigenvalue weighted by molar-refractivity contribution is 5.80. The highest BCUT2D eigenvalue weighted by Gasteiger charge is 2.44. The second-order valence-corrected chi connectivity index (χ2v) is 7.14. The van der Waals surface area contributed by atoms with Crippen LogP contribution in [0.4, 0.5) is 0 Å². The van der Waals surface area contributed by atoms with E-state index in [1.54, 1.807) is 0 Å². The van der Waals surface area contributed by atoms with Gasteiger partial charge in [-0.15, -0.1) is 0 Å². The number of rotatable bonds is 1. The highest BCUT2D eigenvalue weighted by Crippen LogP contribution is 2.42. The van der Waals surface area contributed by atoms with Crippen LogP contribution in [0, 0.1) is 17.3 Å². The van der Waals surface area contributed by atoms with Crippen molar-refractivity contribution in [1.29, 1.82) is 0 Å². The van der Waals surface area contributed by atoms with E-state index in [-0.39, 0.29) is 11.3 Å². The lowest BCUT2D eigenvalue weighted by Crippen LogP contribution is -2.44. The summed E-state index contributed by atoms with van der Waals surface area (Å²) in [5.41, 5.74) is 0.209. The minimum absolute atomic E-state index is 0.209. The molecule has 3 aliphatic rings. The monoisotopic (exact) mass is 250 g/mol.